The van der Waals surface area contributed by atoms with Crippen molar-refractivity contribution >= 4 is 12.1 Å². The average molecular weight is 596 g/mol. The van der Waals surface area contributed by atoms with Gasteiger partial charge in [-0.2, -0.15) is 0 Å². The molecular weight excluding hydrogens is 550 g/mol. The summed E-state index contributed by atoms with van der Waals surface area (Å²) in [5.41, 5.74) is 0. The first-order valence-corrected chi connectivity index (χ1v) is 13.8. The molecule has 2 heterocycles. The third-order valence-corrected chi connectivity index (χ3v) is 6.90. The van der Waals surface area contributed by atoms with E-state index in [1.807, 2.05) is 0 Å². The Bertz CT molecular complexity index is 785. The van der Waals surface area contributed by atoms with Gasteiger partial charge in [0, 0.05) is 13.0 Å². The Labute approximate surface area is 238 Å². The molecule has 0 spiro atoms. The number of amides is 1. The summed E-state index contributed by atoms with van der Waals surface area (Å²) < 4.78 is 32.4. The fraction of sp³-hybridized carbons (Fsp3) is 0.846. The highest BCUT2D eigenvalue weighted by Crippen LogP contribution is 2.30. The summed E-state index contributed by atoms with van der Waals surface area (Å²) in [4.78, 5) is 23.6. The van der Waals surface area contributed by atoms with Gasteiger partial charge in [-0.15, -0.1) is 0 Å². The summed E-state index contributed by atoms with van der Waals surface area (Å²) in [6, 6.07) is -1.24. The molecule has 0 saturated carbocycles. The second kappa shape index (κ2) is 18.6. The van der Waals surface area contributed by atoms with Gasteiger partial charge in [0.1, 0.15) is 55.4 Å². The number of ether oxygens (including phenoxy) is 6. The summed E-state index contributed by atoms with van der Waals surface area (Å²) in [6.07, 6.45) is -7.84. The molecule has 238 valence electrons. The zero-order valence-electron chi connectivity index (χ0n) is 23.3. The van der Waals surface area contributed by atoms with Crippen molar-refractivity contribution in [2.75, 3.05) is 33.5 Å². The number of carbonyl (C=O) groups is 2. The van der Waals surface area contributed by atoms with Gasteiger partial charge in [0.25, 0.3) is 0 Å². The smallest absolute Gasteiger partial charge is 0.407 e. The molecule has 0 aromatic rings. The lowest BCUT2D eigenvalue weighted by Crippen LogP contribution is -2.68. The van der Waals surface area contributed by atoms with Crippen LogP contribution in [-0.2, 0) is 33.2 Å². The molecule has 41 heavy (non-hydrogen) atoms. The Kier molecular flexibility index (Phi) is 16.0. The van der Waals surface area contributed by atoms with Gasteiger partial charge < -0.3 is 64.4 Å². The molecule has 2 aliphatic rings. The maximum Gasteiger partial charge on any atom is 0.407 e. The van der Waals surface area contributed by atoms with E-state index in [-0.39, 0.29) is 19.2 Å². The Hall–Kier alpha value is -1.92. The minimum absolute atomic E-state index is 0.120. The first kappa shape index (κ1) is 35.3. The quantitative estimate of drug-likeness (QED) is 0.0575. The minimum atomic E-state index is -1.78. The van der Waals surface area contributed by atoms with E-state index in [0.29, 0.717) is 12.8 Å². The summed E-state index contributed by atoms with van der Waals surface area (Å²) in [5, 5.41) is 63.4. The van der Waals surface area contributed by atoms with Crippen LogP contribution in [0.15, 0.2) is 12.7 Å². The highest BCUT2D eigenvalue weighted by Gasteiger charge is 2.51. The van der Waals surface area contributed by atoms with Gasteiger partial charge in [-0.3, -0.25) is 4.79 Å². The molecule has 0 radical (unpaired) electrons. The number of esters is 1. The van der Waals surface area contributed by atoms with Gasteiger partial charge in [-0.25, -0.2) is 4.79 Å². The maximum atomic E-state index is 12.4. The zero-order valence-corrected chi connectivity index (χ0v) is 23.3. The van der Waals surface area contributed by atoms with Crippen molar-refractivity contribution in [2.45, 2.75) is 106 Å². The number of aliphatic hydroxyl groups excluding tert-OH is 6. The number of unbranched alkanes of at least 4 members (excludes halogenated alkanes) is 5. The van der Waals surface area contributed by atoms with Crippen LogP contribution in [0.4, 0.5) is 4.79 Å². The Morgan fingerprint density at radius 2 is 1.46 bits per heavy atom. The standard InChI is InChI=1S/C26H45NO14/c1-3-11-38-26(35)27-18-23(41-25-22(34)21(33)19(31)15(13-28)40-25)20(32)16(14-29)39-24(18)37-12-9-7-5-4-6-8-10-17(30)36-2/h3,15-16,18-25,28-29,31-34H,1,4-14H2,2H3,(H,27,35)/t15?,16?,18?,19-,20-,21?,22?,23?,24+,25-/m0/s1. The number of aliphatic hydroxyl groups is 6. The summed E-state index contributed by atoms with van der Waals surface area (Å²) in [5.74, 6) is -0.234. The van der Waals surface area contributed by atoms with Crippen LogP contribution in [0.1, 0.15) is 44.9 Å². The van der Waals surface area contributed by atoms with Crippen molar-refractivity contribution < 1.29 is 68.6 Å². The van der Waals surface area contributed by atoms with Crippen LogP contribution in [0.25, 0.3) is 0 Å². The van der Waals surface area contributed by atoms with E-state index in [1.54, 1.807) is 0 Å². The first-order valence-electron chi connectivity index (χ1n) is 13.8. The normalized spacial score (nSPS) is 33.6. The average Bonchev–Trinajstić information content (AvgIpc) is 2.97. The van der Waals surface area contributed by atoms with Crippen LogP contribution in [0.2, 0.25) is 0 Å². The van der Waals surface area contributed by atoms with Crippen molar-refractivity contribution in [3.8, 4) is 0 Å². The van der Waals surface area contributed by atoms with E-state index < -0.39 is 80.7 Å². The van der Waals surface area contributed by atoms with E-state index >= 15 is 0 Å². The molecule has 2 fully saturated rings. The first-order chi connectivity index (χ1) is 19.7. The summed E-state index contributed by atoms with van der Waals surface area (Å²) in [6.45, 7) is 2.20. The number of hydrogen-bond acceptors (Lipinski definition) is 14. The van der Waals surface area contributed by atoms with Crippen LogP contribution in [-0.4, -0.2) is 138 Å². The van der Waals surface area contributed by atoms with Gasteiger partial charge >= 0.3 is 12.1 Å². The fourth-order valence-electron chi connectivity index (χ4n) is 4.55. The van der Waals surface area contributed by atoms with Gasteiger partial charge in [-0.1, -0.05) is 38.3 Å². The monoisotopic (exact) mass is 595 g/mol. The molecule has 10 atom stereocenters. The number of rotatable bonds is 17. The predicted molar refractivity (Wildman–Crippen MR) is 139 cm³/mol. The second-order valence-electron chi connectivity index (χ2n) is 9.89. The molecule has 0 aliphatic carbocycles. The number of alkyl carbamates (subject to hydrolysis) is 1. The third-order valence-electron chi connectivity index (χ3n) is 6.90. The van der Waals surface area contributed by atoms with E-state index in [1.165, 1.54) is 13.2 Å². The highest BCUT2D eigenvalue weighted by atomic mass is 16.7. The van der Waals surface area contributed by atoms with Gasteiger partial charge in [0.2, 0.25) is 0 Å². The highest BCUT2D eigenvalue weighted by molar-refractivity contribution is 5.69. The molecule has 15 nitrogen and oxygen atoms in total. The topological polar surface area (TPSA) is 223 Å². The third kappa shape index (κ3) is 10.7. The fourth-order valence-corrected chi connectivity index (χ4v) is 4.55. The largest absolute Gasteiger partial charge is 0.469 e. The molecular formula is C26H45NO14. The lowest BCUT2D eigenvalue weighted by atomic mass is 9.95. The van der Waals surface area contributed by atoms with Gasteiger partial charge in [0.05, 0.1) is 20.3 Å². The lowest BCUT2D eigenvalue weighted by Gasteiger charge is -2.47. The summed E-state index contributed by atoms with van der Waals surface area (Å²) >= 11 is 0. The van der Waals surface area contributed by atoms with Crippen molar-refractivity contribution in [1.82, 2.24) is 5.32 Å². The van der Waals surface area contributed by atoms with Crippen molar-refractivity contribution in [1.29, 1.82) is 0 Å². The van der Waals surface area contributed by atoms with E-state index in [0.717, 1.165) is 32.1 Å². The summed E-state index contributed by atoms with van der Waals surface area (Å²) in [7, 11) is 1.36. The van der Waals surface area contributed by atoms with Crippen molar-refractivity contribution in [3.63, 3.8) is 0 Å². The number of carbonyl (C=O) groups excluding carboxylic acids is 2. The minimum Gasteiger partial charge on any atom is -0.469 e. The number of nitrogens with one attached hydrogen (secondary N) is 1. The molecule has 0 aromatic carbocycles. The van der Waals surface area contributed by atoms with E-state index in [4.69, 9.17) is 23.7 Å². The predicted octanol–water partition coefficient (Wildman–Crippen LogP) is -1.55. The molecule has 1 amide bonds. The molecule has 2 saturated heterocycles. The van der Waals surface area contributed by atoms with Crippen LogP contribution >= 0.6 is 0 Å². The second-order valence-corrected chi connectivity index (χ2v) is 9.89. The molecule has 0 aromatic heterocycles. The van der Waals surface area contributed by atoms with Crippen LogP contribution in [0, 0.1) is 0 Å². The molecule has 15 heteroatoms. The number of methoxy groups -OCH3 is 1. The zero-order chi connectivity index (χ0) is 30.4. The van der Waals surface area contributed by atoms with E-state index in [9.17, 15) is 40.2 Å². The SMILES string of the molecule is C=CCOC(=O)NC1C(O[C@@H]2OC(CO)[C@H](O)C(O)C2O)[C@@H](O)C(CO)O[C@H]1OCCCCCCCCC(=O)OC. The van der Waals surface area contributed by atoms with Crippen LogP contribution in [0.5, 0.6) is 0 Å². The Morgan fingerprint density at radius 1 is 0.854 bits per heavy atom. The molecule has 0 bridgehead atoms. The number of hydrogen-bond donors (Lipinski definition) is 7. The molecule has 2 aliphatic heterocycles. The Morgan fingerprint density at radius 3 is 2.10 bits per heavy atom. The van der Waals surface area contributed by atoms with Crippen molar-refractivity contribution in [3.05, 3.63) is 12.7 Å². The lowest BCUT2D eigenvalue weighted by molar-refractivity contribution is -0.344. The van der Waals surface area contributed by atoms with Crippen LogP contribution < -0.4 is 5.32 Å². The van der Waals surface area contributed by atoms with Crippen LogP contribution in [0.3, 0.4) is 0 Å². The van der Waals surface area contributed by atoms with E-state index in [2.05, 4.69) is 16.6 Å². The Balaban J connectivity index is 2.06. The molecule has 7 N–H and O–H groups in total. The molecule has 2 rings (SSSR count). The maximum absolute atomic E-state index is 12.4. The van der Waals surface area contributed by atoms with Crippen molar-refractivity contribution in [2.24, 2.45) is 0 Å². The van der Waals surface area contributed by atoms with Gasteiger partial charge in [-0.05, 0) is 12.8 Å². The molecule has 6 unspecified atom stereocenters. The van der Waals surface area contributed by atoms with Gasteiger partial charge in [0.15, 0.2) is 12.6 Å².